The minimum absolute atomic E-state index is 0.216. The average molecular weight is 318 g/mol. The highest BCUT2D eigenvalue weighted by Crippen LogP contribution is 2.17. The van der Waals surface area contributed by atoms with E-state index in [9.17, 15) is 9.59 Å². The summed E-state index contributed by atoms with van der Waals surface area (Å²) in [7, 11) is 1.65. The quantitative estimate of drug-likeness (QED) is 0.662. The molecule has 0 aliphatic heterocycles. The van der Waals surface area contributed by atoms with Gasteiger partial charge in [0.1, 0.15) is 11.4 Å². The van der Waals surface area contributed by atoms with Crippen LogP contribution in [0.2, 0.25) is 0 Å². The summed E-state index contributed by atoms with van der Waals surface area (Å²) in [5.41, 5.74) is 0.253. The molecule has 100 valence electrons. The van der Waals surface area contributed by atoms with Gasteiger partial charge in [-0.2, -0.15) is 5.10 Å². The van der Waals surface area contributed by atoms with E-state index in [1.54, 1.807) is 14.0 Å². The predicted octanol–water partition coefficient (Wildman–Crippen LogP) is 1.71. The number of hydrogen-bond acceptors (Lipinski definition) is 4. The van der Waals surface area contributed by atoms with E-state index in [2.05, 4.69) is 26.3 Å². The van der Waals surface area contributed by atoms with Crippen LogP contribution in [0.3, 0.4) is 0 Å². The summed E-state index contributed by atoms with van der Waals surface area (Å²) < 4.78 is 6.33. The first kappa shape index (κ1) is 14.7. The monoisotopic (exact) mass is 317 g/mol. The van der Waals surface area contributed by atoms with Crippen molar-refractivity contribution < 1.29 is 14.3 Å². The Balaban J connectivity index is 2.91. The summed E-state index contributed by atoms with van der Waals surface area (Å²) in [5, 5.41) is 6.61. The molecule has 1 heterocycles. The van der Waals surface area contributed by atoms with Crippen molar-refractivity contribution in [2.45, 2.75) is 25.1 Å². The first-order valence-electron chi connectivity index (χ1n) is 5.65. The zero-order chi connectivity index (χ0) is 13.7. The summed E-state index contributed by atoms with van der Waals surface area (Å²) in [5.74, 6) is -0.369. The number of hydrogen-bond donors (Lipinski definition) is 1. The molecule has 1 amide bonds. The number of aryl methyl sites for hydroxylation is 1. The van der Waals surface area contributed by atoms with Gasteiger partial charge in [-0.1, -0.05) is 22.9 Å². The molecule has 0 bridgehead atoms. The molecule has 0 unspecified atom stereocenters. The molecule has 18 heavy (non-hydrogen) atoms. The largest absolute Gasteiger partial charge is 0.462 e. The van der Waals surface area contributed by atoms with Gasteiger partial charge in [0.2, 0.25) is 5.91 Å². The highest BCUT2D eigenvalue weighted by Gasteiger charge is 2.21. The number of amides is 1. The van der Waals surface area contributed by atoms with Crippen LogP contribution in [-0.4, -0.2) is 33.1 Å². The summed E-state index contributed by atoms with van der Waals surface area (Å²) in [4.78, 5) is 23.1. The van der Waals surface area contributed by atoms with Crippen LogP contribution in [0.5, 0.6) is 0 Å². The molecule has 6 nitrogen and oxygen atoms in total. The summed E-state index contributed by atoms with van der Waals surface area (Å²) >= 11 is 3.25. The molecule has 1 aromatic heterocycles. The Morgan fingerprint density at radius 2 is 2.22 bits per heavy atom. The number of nitrogens with one attached hydrogen (secondary N) is 1. The second kappa shape index (κ2) is 6.53. The van der Waals surface area contributed by atoms with Crippen molar-refractivity contribution in [3.05, 3.63) is 11.8 Å². The first-order valence-corrected chi connectivity index (χ1v) is 6.56. The van der Waals surface area contributed by atoms with Crippen molar-refractivity contribution in [2.24, 2.45) is 7.05 Å². The van der Waals surface area contributed by atoms with Gasteiger partial charge in [0, 0.05) is 7.05 Å². The third-order valence-electron chi connectivity index (χ3n) is 2.32. The molecule has 0 radical (unpaired) electrons. The van der Waals surface area contributed by atoms with E-state index in [0.717, 1.165) is 0 Å². The maximum Gasteiger partial charge on any atom is 0.343 e. The molecule has 0 aliphatic rings. The SMILES string of the molecule is CCOC(=O)c1cnn(C)c1NC(=O)[C@H](Br)CC. The second-order valence-electron chi connectivity index (χ2n) is 3.62. The van der Waals surface area contributed by atoms with E-state index in [1.165, 1.54) is 10.9 Å². The highest BCUT2D eigenvalue weighted by molar-refractivity contribution is 9.10. The fourth-order valence-corrected chi connectivity index (χ4v) is 1.44. The number of aromatic nitrogens is 2. The molecule has 0 aliphatic carbocycles. The van der Waals surface area contributed by atoms with E-state index in [0.29, 0.717) is 12.2 Å². The minimum Gasteiger partial charge on any atom is -0.462 e. The van der Waals surface area contributed by atoms with Crippen LogP contribution in [0.15, 0.2) is 6.20 Å². The van der Waals surface area contributed by atoms with Crippen LogP contribution in [-0.2, 0) is 16.6 Å². The molecule has 0 saturated heterocycles. The van der Waals surface area contributed by atoms with Crippen molar-refractivity contribution in [3.63, 3.8) is 0 Å². The number of ether oxygens (including phenoxy) is 1. The number of carbonyl (C=O) groups excluding carboxylic acids is 2. The number of anilines is 1. The third kappa shape index (κ3) is 3.32. The zero-order valence-electron chi connectivity index (χ0n) is 10.6. The van der Waals surface area contributed by atoms with Crippen molar-refractivity contribution in [1.82, 2.24) is 9.78 Å². The Morgan fingerprint density at radius 1 is 1.56 bits per heavy atom. The normalized spacial score (nSPS) is 12.0. The Kier molecular flexibility index (Phi) is 5.33. The average Bonchev–Trinajstić information content (AvgIpc) is 2.70. The fourth-order valence-electron chi connectivity index (χ4n) is 1.32. The molecule has 0 aromatic carbocycles. The van der Waals surface area contributed by atoms with Crippen molar-refractivity contribution >= 4 is 33.6 Å². The number of rotatable bonds is 5. The van der Waals surface area contributed by atoms with E-state index in [-0.39, 0.29) is 22.9 Å². The van der Waals surface area contributed by atoms with Crippen LogP contribution >= 0.6 is 15.9 Å². The van der Waals surface area contributed by atoms with Crippen LogP contribution in [0, 0.1) is 0 Å². The van der Waals surface area contributed by atoms with Crippen molar-refractivity contribution in [3.8, 4) is 0 Å². The first-order chi connectivity index (χ1) is 8.51. The second-order valence-corrected chi connectivity index (χ2v) is 4.72. The van der Waals surface area contributed by atoms with Crippen molar-refractivity contribution in [1.29, 1.82) is 0 Å². The van der Waals surface area contributed by atoms with Gasteiger partial charge < -0.3 is 10.1 Å². The van der Waals surface area contributed by atoms with Crippen LogP contribution < -0.4 is 5.32 Å². The summed E-state index contributed by atoms with van der Waals surface area (Å²) in [6.07, 6.45) is 2.03. The van der Waals surface area contributed by atoms with Gasteiger partial charge in [0.15, 0.2) is 0 Å². The van der Waals surface area contributed by atoms with Crippen LogP contribution in [0.25, 0.3) is 0 Å². The fraction of sp³-hybridized carbons (Fsp3) is 0.545. The lowest BCUT2D eigenvalue weighted by Gasteiger charge is -2.10. The van der Waals surface area contributed by atoms with Crippen molar-refractivity contribution in [2.75, 3.05) is 11.9 Å². The Morgan fingerprint density at radius 3 is 2.78 bits per heavy atom. The number of esters is 1. The highest BCUT2D eigenvalue weighted by atomic mass is 79.9. The topological polar surface area (TPSA) is 73.2 Å². The molecule has 1 atom stereocenters. The van der Waals surface area contributed by atoms with Gasteiger partial charge in [-0.15, -0.1) is 0 Å². The third-order valence-corrected chi connectivity index (χ3v) is 3.38. The number of carbonyl (C=O) groups is 2. The summed E-state index contributed by atoms with van der Waals surface area (Å²) in [6.45, 7) is 3.88. The lowest BCUT2D eigenvalue weighted by Crippen LogP contribution is -2.24. The molecule has 1 rings (SSSR count). The van der Waals surface area contributed by atoms with Gasteiger partial charge in [0.25, 0.3) is 0 Å². The smallest absolute Gasteiger partial charge is 0.343 e. The molecule has 0 saturated carbocycles. The Hall–Kier alpha value is -1.37. The number of halogens is 1. The molecule has 1 N–H and O–H groups in total. The number of nitrogens with zero attached hydrogens (tertiary/aromatic N) is 2. The maximum atomic E-state index is 11.8. The number of alkyl halides is 1. The molecule has 7 heteroatoms. The van der Waals surface area contributed by atoms with Gasteiger partial charge in [-0.25, -0.2) is 4.79 Å². The molecular weight excluding hydrogens is 302 g/mol. The van der Waals surface area contributed by atoms with Crippen LogP contribution in [0.4, 0.5) is 5.82 Å². The molecule has 0 fully saturated rings. The van der Waals surface area contributed by atoms with Crippen LogP contribution in [0.1, 0.15) is 30.6 Å². The maximum absolute atomic E-state index is 11.8. The Bertz CT molecular complexity index is 445. The summed E-state index contributed by atoms with van der Waals surface area (Å²) in [6, 6.07) is 0. The van der Waals surface area contributed by atoms with Gasteiger partial charge in [0.05, 0.1) is 17.6 Å². The predicted molar refractivity (Wildman–Crippen MR) is 70.8 cm³/mol. The molecule has 0 spiro atoms. The molecular formula is C11H16BrN3O3. The van der Waals surface area contributed by atoms with E-state index < -0.39 is 5.97 Å². The van der Waals surface area contributed by atoms with Gasteiger partial charge in [-0.05, 0) is 13.3 Å². The van der Waals surface area contributed by atoms with E-state index in [1.807, 2.05) is 6.92 Å². The van der Waals surface area contributed by atoms with Gasteiger partial charge >= 0.3 is 5.97 Å². The van der Waals surface area contributed by atoms with Gasteiger partial charge in [-0.3, -0.25) is 9.48 Å². The minimum atomic E-state index is -0.497. The lowest BCUT2D eigenvalue weighted by molar-refractivity contribution is -0.115. The lowest BCUT2D eigenvalue weighted by atomic mass is 10.3. The molecule has 1 aromatic rings. The standard InChI is InChI=1S/C11H16BrN3O3/c1-4-8(12)10(16)14-9-7(6-13-15(9)3)11(17)18-5-2/h6,8H,4-5H2,1-3H3,(H,14,16)/t8-/m1/s1. The Labute approximate surface area is 114 Å². The van der Waals surface area contributed by atoms with E-state index >= 15 is 0 Å². The zero-order valence-corrected chi connectivity index (χ0v) is 12.2. The van der Waals surface area contributed by atoms with E-state index in [4.69, 9.17) is 4.74 Å².